The molecule has 2 heteroatoms. The fraction of sp³-hybridized carbons (Fsp3) is 0.538. The average Bonchev–Trinajstić information content (AvgIpc) is 2.18. The Labute approximate surface area is 98.9 Å². The van der Waals surface area contributed by atoms with E-state index in [1.165, 1.54) is 11.1 Å². The summed E-state index contributed by atoms with van der Waals surface area (Å²) in [4.78, 5) is 2.29. The Morgan fingerprint density at radius 3 is 2.27 bits per heavy atom. The summed E-state index contributed by atoms with van der Waals surface area (Å²) >= 11 is 4.23. The molecule has 0 fully saturated rings. The average molecular weight is 223 g/mol. The standard InChI is InChI=1S/C13H21NS/c1-11(2)13-6-4-12(5-7-13)10-14(3)8-9-15/h4-7,11,15H,8-10H2,1-3H3. The monoisotopic (exact) mass is 223 g/mol. The minimum atomic E-state index is 0.620. The van der Waals surface area contributed by atoms with Gasteiger partial charge in [0, 0.05) is 18.8 Å². The fourth-order valence-electron chi connectivity index (χ4n) is 1.57. The van der Waals surface area contributed by atoms with Crippen molar-refractivity contribution in [2.45, 2.75) is 26.3 Å². The van der Waals surface area contributed by atoms with E-state index in [-0.39, 0.29) is 0 Å². The maximum Gasteiger partial charge on any atom is 0.0231 e. The normalized spacial score (nSPS) is 11.3. The van der Waals surface area contributed by atoms with Crippen LogP contribution in [0, 0.1) is 0 Å². The summed E-state index contributed by atoms with van der Waals surface area (Å²) in [7, 11) is 2.13. The molecule has 84 valence electrons. The summed E-state index contributed by atoms with van der Waals surface area (Å²) in [6.07, 6.45) is 0. The van der Waals surface area contributed by atoms with Crippen LogP contribution in [0.25, 0.3) is 0 Å². The van der Waals surface area contributed by atoms with Crippen molar-refractivity contribution in [3.63, 3.8) is 0 Å². The van der Waals surface area contributed by atoms with Crippen molar-refractivity contribution in [3.05, 3.63) is 35.4 Å². The summed E-state index contributed by atoms with van der Waals surface area (Å²) < 4.78 is 0. The molecule has 0 N–H and O–H groups in total. The van der Waals surface area contributed by atoms with Crippen LogP contribution < -0.4 is 0 Å². The van der Waals surface area contributed by atoms with E-state index in [1.54, 1.807) is 0 Å². The predicted octanol–water partition coefficient (Wildman–Crippen LogP) is 3.17. The highest BCUT2D eigenvalue weighted by Gasteiger charge is 2.01. The largest absolute Gasteiger partial charge is 0.301 e. The van der Waals surface area contributed by atoms with Crippen molar-refractivity contribution in [3.8, 4) is 0 Å². The molecule has 0 atom stereocenters. The first-order valence-corrected chi connectivity index (χ1v) is 6.15. The molecule has 1 nitrogen and oxygen atoms in total. The first-order valence-electron chi connectivity index (χ1n) is 5.51. The minimum absolute atomic E-state index is 0.620. The van der Waals surface area contributed by atoms with Crippen molar-refractivity contribution >= 4 is 12.6 Å². The maximum absolute atomic E-state index is 4.23. The lowest BCUT2D eigenvalue weighted by Crippen LogP contribution is -2.19. The van der Waals surface area contributed by atoms with Gasteiger partial charge in [0.15, 0.2) is 0 Å². The smallest absolute Gasteiger partial charge is 0.0231 e. The second kappa shape index (κ2) is 6.19. The van der Waals surface area contributed by atoms with Crippen LogP contribution in [0.1, 0.15) is 30.9 Å². The van der Waals surface area contributed by atoms with Crippen LogP contribution >= 0.6 is 12.6 Å². The molecule has 0 bridgehead atoms. The van der Waals surface area contributed by atoms with Crippen LogP contribution in [0.5, 0.6) is 0 Å². The van der Waals surface area contributed by atoms with Crippen LogP contribution in [0.4, 0.5) is 0 Å². The van der Waals surface area contributed by atoms with Gasteiger partial charge < -0.3 is 4.90 Å². The van der Waals surface area contributed by atoms with Gasteiger partial charge >= 0.3 is 0 Å². The van der Waals surface area contributed by atoms with Crippen molar-refractivity contribution in [1.82, 2.24) is 4.90 Å². The van der Waals surface area contributed by atoms with E-state index in [0.29, 0.717) is 5.92 Å². The van der Waals surface area contributed by atoms with Gasteiger partial charge in [0.05, 0.1) is 0 Å². The molecule has 0 unspecified atom stereocenters. The lowest BCUT2D eigenvalue weighted by molar-refractivity contribution is 0.349. The second-order valence-electron chi connectivity index (χ2n) is 4.36. The van der Waals surface area contributed by atoms with Crippen LogP contribution in [-0.4, -0.2) is 24.2 Å². The fourth-order valence-corrected chi connectivity index (χ4v) is 1.91. The Morgan fingerprint density at radius 1 is 1.20 bits per heavy atom. The molecule has 0 saturated heterocycles. The van der Waals surface area contributed by atoms with Crippen LogP contribution in [0.2, 0.25) is 0 Å². The van der Waals surface area contributed by atoms with Gasteiger partial charge in [0.1, 0.15) is 0 Å². The Bertz CT molecular complexity index is 279. The molecule has 0 aliphatic heterocycles. The van der Waals surface area contributed by atoms with Gasteiger partial charge in [0.2, 0.25) is 0 Å². The third-order valence-electron chi connectivity index (χ3n) is 2.58. The highest BCUT2D eigenvalue weighted by Crippen LogP contribution is 2.15. The second-order valence-corrected chi connectivity index (χ2v) is 4.80. The summed E-state index contributed by atoms with van der Waals surface area (Å²) in [6.45, 7) is 6.50. The molecule has 1 aromatic carbocycles. The quantitative estimate of drug-likeness (QED) is 0.750. The van der Waals surface area contributed by atoms with Crippen molar-refractivity contribution in [2.24, 2.45) is 0 Å². The van der Waals surface area contributed by atoms with E-state index in [0.717, 1.165) is 18.8 Å². The zero-order chi connectivity index (χ0) is 11.3. The highest BCUT2D eigenvalue weighted by molar-refractivity contribution is 7.80. The molecule has 0 aromatic heterocycles. The molecule has 0 saturated carbocycles. The number of thiol groups is 1. The maximum atomic E-state index is 4.23. The van der Waals surface area contributed by atoms with Gasteiger partial charge in [-0.2, -0.15) is 12.6 Å². The molecular formula is C13H21NS. The summed E-state index contributed by atoms with van der Waals surface area (Å²) in [6, 6.07) is 8.91. The molecule has 0 spiro atoms. The molecule has 15 heavy (non-hydrogen) atoms. The molecular weight excluding hydrogens is 202 g/mol. The van der Waals surface area contributed by atoms with Crippen molar-refractivity contribution in [1.29, 1.82) is 0 Å². The van der Waals surface area contributed by atoms with E-state index >= 15 is 0 Å². The molecule has 0 aliphatic carbocycles. The lowest BCUT2D eigenvalue weighted by atomic mass is 10.0. The Morgan fingerprint density at radius 2 is 1.80 bits per heavy atom. The highest BCUT2D eigenvalue weighted by atomic mass is 32.1. The van der Waals surface area contributed by atoms with Gasteiger partial charge in [-0.25, -0.2) is 0 Å². The van der Waals surface area contributed by atoms with E-state index < -0.39 is 0 Å². The zero-order valence-corrected chi connectivity index (χ0v) is 10.8. The predicted molar refractivity (Wildman–Crippen MR) is 70.7 cm³/mol. The molecule has 0 heterocycles. The SMILES string of the molecule is CC(C)c1ccc(CN(C)CCS)cc1. The topological polar surface area (TPSA) is 3.24 Å². The molecule has 1 rings (SSSR count). The van der Waals surface area contributed by atoms with E-state index in [2.05, 4.69) is 62.7 Å². The number of rotatable bonds is 5. The number of nitrogens with zero attached hydrogens (tertiary/aromatic N) is 1. The Balaban J connectivity index is 2.56. The number of benzene rings is 1. The van der Waals surface area contributed by atoms with Crippen LogP contribution in [0.3, 0.4) is 0 Å². The van der Waals surface area contributed by atoms with E-state index in [9.17, 15) is 0 Å². The van der Waals surface area contributed by atoms with Gasteiger partial charge in [0.25, 0.3) is 0 Å². The molecule has 0 aliphatic rings. The third-order valence-corrected chi connectivity index (χ3v) is 2.78. The lowest BCUT2D eigenvalue weighted by Gasteiger charge is -2.15. The molecule has 1 aromatic rings. The van der Waals surface area contributed by atoms with Gasteiger partial charge in [-0.05, 0) is 24.1 Å². The summed E-state index contributed by atoms with van der Waals surface area (Å²) in [5.41, 5.74) is 2.79. The first kappa shape index (κ1) is 12.6. The van der Waals surface area contributed by atoms with E-state index in [4.69, 9.17) is 0 Å². The van der Waals surface area contributed by atoms with Crippen LogP contribution in [-0.2, 0) is 6.54 Å². The molecule has 0 amide bonds. The molecule has 0 radical (unpaired) electrons. The zero-order valence-electron chi connectivity index (χ0n) is 9.90. The van der Waals surface area contributed by atoms with Crippen LogP contribution in [0.15, 0.2) is 24.3 Å². The van der Waals surface area contributed by atoms with E-state index in [1.807, 2.05) is 0 Å². The summed E-state index contributed by atoms with van der Waals surface area (Å²) in [5.74, 6) is 1.54. The third kappa shape index (κ3) is 4.27. The number of hydrogen-bond acceptors (Lipinski definition) is 2. The van der Waals surface area contributed by atoms with Crippen molar-refractivity contribution < 1.29 is 0 Å². The first-order chi connectivity index (χ1) is 7.13. The van der Waals surface area contributed by atoms with Gasteiger partial charge in [-0.15, -0.1) is 0 Å². The minimum Gasteiger partial charge on any atom is -0.301 e. The number of hydrogen-bond donors (Lipinski definition) is 1. The Hall–Kier alpha value is -0.470. The van der Waals surface area contributed by atoms with Crippen molar-refractivity contribution in [2.75, 3.05) is 19.3 Å². The van der Waals surface area contributed by atoms with Gasteiger partial charge in [-0.3, -0.25) is 0 Å². The Kier molecular flexibility index (Phi) is 5.20. The van der Waals surface area contributed by atoms with Gasteiger partial charge in [-0.1, -0.05) is 38.1 Å². The summed E-state index contributed by atoms with van der Waals surface area (Å²) in [5, 5.41) is 0.